The molecule has 1 aromatic heterocycles. The SMILES string of the molecule is CNCCn1cc(S(=O)(=O)NCC2CCSC2)cn1. The summed E-state index contributed by atoms with van der Waals surface area (Å²) in [6, 6.07) is 0. The van der Waals surface area contributed by atoms with Crippen LogP contribution in [0.25, 0.3) is 0 Å². The predicted molar refractivity (Wildman–Crippen MR) is 76.8 cm³/mol. The van der Waals surface area contributed by atoms with E-state index >= 15 is 0 Å². The van der Waals surface area contributed by atoms with Crippen LogP contribution in [0.3, 0.4) is 0 Å². The Morgan fingerprint density at radius 1 is 1.58 bits per heavy atom. The zero-order valence-electron chi connectivity index (χ0n) is 11.0. The third-order valence-corrected chi connectivity index (χ3v) is 5.71. The molecule has 2 heterocycles. The van der Waals surface area contributed by atoms with Crippen LogP contribution in [0.4, 0.5) is 0 Å². The molecule has 0 radical (unpaired) electrons. The maximum atomic E-state index is 12.1. The molecule has 8 heteroatoms. The first-order valence-corrected chi connectivity index (χ1v) is 9.00. The second kappa shape index (κ2) is 6.74. The minimum atomic E-state index is -3.41. The smallest absolute Gasteiger partial charge is 0.243 e. The van der Waals surface area contributed by atoms with Gasteiger partial charge in [-0.2, -0.15) is 16.9 Å². The van der Waals surface area contributed by atoms with Gasteiger partial charge in [-0.3, -0.25) is 4.68 Å². The van der Waals surface area contributed by atoms with Gasteiger partial charge in [-0.05, 0) is 30.9 Å². The number of likely N-dealkylation sites (N-methyl/N-ethyl adjacent to an activating group) is 1. The van der Waals surface area contributed by atoms with E-state index in [1.807, 2.05) is 18.8 Å². The van der Waals surface area contributed by atoms with Crippen molar-refractivity contribution in [3.63, 3.8) is 0 Å². The normalized spacial score (nSPS) is 19.9. The molecular weight excluding hydrogens is 284 g/mol. The fraction of sp³-hybridized carbons (Fsp3) is 0.727. The molecule has 0 amide bonds. The number of sulfonamides is 1. The Labute approximate surface area is 118 Å². The Hall–Kier alpha value is -0.570. The lowest BCUT2D eigenvalue weighted by molar-refractivity contribution is 0.545. The third-order valence-electron chi connectivity index (χ3n) is 3.10. The van der Waals surface area contributed by atoms with Crippen molar-refractivity contribution < 1.29 is 8.42 Å². The van der Waals surface area contributed by atoms with Gasteiger partial charge in [0.25, 0.3) is 0 Å². The van der Waals surface area contributed by atoms with Crippen molar-refractivity contribution in [3.8, 4) is 0 Å². The van der Waals surface area contributed by atoms with Gasteiger partial charge >= 0.3 is 0 Å². The van der Waals surface area contributed by atoms with Crippen LogP contribution < -0.4 is 10.0 Å². The Kier molecular flexibility index (Phi) is 5.26. The lowest BCUT2D eigenvalue weighted by atomic mass is 10.1. The molecule has 6 nitrogen and oxygen atoms in total. The van der Waals surface area contributed by atoms with E-state index in [-0.39, 0.29) is 4.90 Å². The van der Waals surface area contributed by atoms with Gasteiger partial charge in [0.05, 0.1) is 12.7 Å². The predicted octanol–water partition coefficient (Wildman–Crippen LogP) is 0.134. The van der Waals surface area contributed by atoms with Crippen molar-refractivity contribution in [1.82, 2.24) is 19.8 Å². The Bertz CT molecular complexity index is 495. The van der Waals surface area contributed by atoms with Gasteiger partial charge in [-0.25, -0.2) is 13.1 Å². The van der Waals surface area contributed by atoms with Crippen LogP contribution in [0.1, 0.15) is 6.42 Å². The average molecular weight is 304 g/mol. The zero-order valence-corrected chi connectivity index (χ0v) is 12.6. The first-order valence-electron chi connectivity index (χ1n) is 6.36. The standard InChI is InChI=1S/C11H20N4O2S2/c1-12-3-4-15-8-11(7-13-15)19(16,17)14-6-10-2-5-18-9-10/h7-8,10,12,14H,2-6,9H2,1H3. The van der Waals surface area contributed by atoms with E-state index in [1.54, 1.807) is 10.9 Å². The Morgan fingerprint density at radius 2 is 2.42 bits per heavy atom. The van der Waals surface area contributed by atoms with Crippen LogP contribution >= 0.6 is 11.8 Å². The molecule has 1 atom stereocenters. The van der Waals surface area contributed by atoms with E-state index in [2.05, 4.69) is 15.1 Å². The topological polar surface area (TPSA) is 76.0 Å². The van der Waals surface area contributed by atoms with Crippen LogP contribution in [0.15, 0.2) is 17.3 Å². The van der Waals surface area contributed by atoms with Crippen LogP contribution in [-0.4, -0.2) is 49.8 Å². The Balaban J connectivity index is 1.92. The molecule has 108 valence electrons. The van der Waals surface area contributed by atoms with Crippen molar-refractivity contribution in [2.75, 3.05) is 31.6 Å². The highest BCUT2D eigenvalue weighted by atomic mass is 32.2. The summed E-state index contributed by atoms with van der Waals surface area (Å²) in [5.41, 5.74) is 0. The number of nitrogens with one attached hydrogen (secondary N) is 2. The maximum Gasteiger partial charge on any atom is 0.243 e. The molecule has 1 fully saturated rings. The summed E-state index contributed by atoms with van der Waals surface area (Å²) in [6.07, 6.45) is 4.07. The number of thioether (sulfide) groups is 1. The molecule has 0 saturated carbocycles. The second-order valence-electron chi connectivity index (χ2n) is 4.62. The number of aromatic nitrogens is 2. The van der Waals surface area contributed by atoms with Gasteiger partial charge in [0.2, 0.25) is 10.0 Å². The van der Waals surface area contributed by atoms with Crippen molar-refractivity contribution in [3.05, 3.63) is 12.4 Å². The summed E-state index contributed by atoms with van der Waals surface area (Å²) in [4.78, 5) is 0.245. The lowest BCUT2D eigenvalue weighted by Gasteiger charge is -2.09. The molecule has 0 aromatic carbocycles. The molecule has 19 heavy (non-hydrogen) atoms. The van der Waals surface area contributed by atoms with Gasteiger partial charge in [-0.1, -0.05) is 0 Å². The largest absolute Gasteiger partial charge is 0.318 e. The number of hydrogen-bond donors (Lipinski definition) is 2. The van der Waals surface area contributed by atoms with E-state index in [4.69, 9.17) is 0 Å². The molecular formula is C11H20N4O2S2. The summed E-state index contributed by atoms with van der Waals surface area (Å²) in [6.45, 7) is 1.94. The summed E-state index contributed by atoms with van der Waals surface area (Å²) >= 11 is 1.88. The summed E-state index contributed by atoms with van der Waals surface area (Å²) in [5, 5.41) is 7.05. The van der Waals surface area contributed by atoms with Crippen LogP contribution in [0, 0.1) is 5.92 Å². The summed E-state index contributed by atoms with van der Waals surface area (Å²) < 4.78 is 28.5. The van der Waals surface area contributed by atoms with Gasteiger partial charge in [0.1, 0.15) is 4.90 Å². The minimum absolute atomic E-state index is 0.245. The van der Waals surface area contributed by atoms with Crippen molar-refractivity contribution >= 4 is 21.8 Å². The summed E-state index contributed by atoms with van der Waals surface area (Å²) in [5.74, 6) is 2.64. The van der Waals surface area contributed by atoms with Gasteiger partial charge in [0, 0.05) is 19.3 Å². The first kappa shape index (κ1) is 14.8. The van der Waals surface area contributed by atoms with Gasteiger partial charge < -0.3 is 5.32 Å². The van der Waals surface area contributed by atoms with Crippen LogP contribution in [0.5, 0.6) is 0 Å². The number of hydrogen-bond acceptors (Lipinski definition) is 5. The zero-order chi connectivity index (χ0) is 13.7. The Morgan fingerprint density at radius 3 is 3.11 bits per heavy atom. The lowest BCUT2D eigenvalue weighted by Crippen LogP contribution is -2.29. The molecule has 2 N–H and O–H groups in total. The summed E-state index contributed by atoms with van der Waals surface area (Å²) in [7, 11) is -1.57. The van der Waals surface area contributed by atoms with Crippen LogP contribution in [0.2, 0.25) is 0 Å². The molecule has 0 spiro atoms. The van der Waals surface area contributed by atoms with E-state index in [0.29, 0.717) is 19.0 Å². The fourth-order valence-corrected chi connectivity index (χ4v) is 4.24. The molecule has 0 aliphatic carbocycles. The molecule has 0 bridgehead atoms. The highest BCUT2D eigenvalue weighted by Gasteiger charge is 2.21. The number of rotatable bonds is 7. The van der Waals surface area contributed by atoms with Crippen molar-refractivity contribution in [2.45, 2.75) is 17.9 Å². The van der Waals surface area contributed by atoms with Gasteiger partial charge in [0.15, 0.2) is 0 Å². The quantitative estimate of drug-likeness (QED) is 0.749. The van der Waals surface area contributed by atoms with Crippen LogP contribution in [-0.2, 0) is 16.6 Å². The molecule has 1 aromatic rings. The monoisotopic (exact) mass is 304 g/mol. The molecule has 2 rings (SSSR count). The fourth-order valence-electron chi connectivity index (χ4n) is 1.89. The van der Waals surface area contributed by atoms with Crippen molar-refractivity contribution in [2.24, 2.45) is 5.92 Å². The third kappa shape index (κ3) is 4.20. The minimum Gasteiger partial charge on any atom is -0.318 e. The molecule has 1 saturated heterocycles. The highest BCUT2D eigenvalue weighted by Crippen LogP contribution is 2.23. The van der Waals surface area contributed by atoms with E-state index in [0.717, 1.165) is 24.5 Å². The first-order chi connectivity index (χ1) is 9.12. The van der Waals surface area contributed by atoms with E-state index in [9.17, 15) is 8.42 Å². The van der Waals surface area contributed by atoms with E-state index < -0.39 is 10.0 Å². The van der Waals surface area contributed by atoms with E-state index in [1.165, 1.54) is 6.20 Å². The second-order valence-corrected chi connectivity index (χ2v) is 7.54. The highest BCUT2D eigenvalue weighted by molar-refractivity contribution is 7.99. The molecule has 1 aliphatic rings. The maximum absolute atomic E-state index is 12.1. The van der Waals surface area contributed by atoms with Crippen molar-refractivity contribution in [1.29, 1.82) is 0 Å². The molecule has 1 aliphatic heterocycles. The number of nitrogens with zero attached hydrogens (tertiary/aromatic N) is 2. The molecule has 1 unspecified atom stereocenters. The average Bonchev–Trinajstić information content (AvgIpc) is 3.05. The van der Waals surface area contributed by atoms with Gasteiger partial charge in [-0.15, -0.1) is 0 Å².